The fourth-order valence-corrected chi connectivity index (χ4v) is 1.70. The highest BCUT2D eigenvalue weighted by Crippen LogP contribution is 2.24. The van der Waals surface area contributed by atoms with Crippen molar-refractivity contribution < 1.29 is 4.79 Å². The molecule has 3 nitrogen and oxygen atoms in total. The third kappa shape index (κ3) is 3.11. The zero-order chi connectivity index (χ0) is 12.3. The second-order valence-corrected chi connectivity index (χ2v) is 4.95. The number of halogens is 2. The number of carbonyl (C=O) groups excluding carboxylic acids is 1. The molecule has 1 amide bonds. The Morgan fingerprint density at radius 1 is 1.38 bits per heavy atom. The third-order valence-electron chi connectivity index (χ3n) is 2.15. The van der Waals surface area contributed by atoms with Gasteiger partial charge in [0, 0.05) is 12.1 Å². The van der Waals surface area contributed by atoms with E-state index < -0.39 is 5.54 Å². The Morgan fingerprint density at radius 3 is 2.31 bits per heavy atom. The van der Waals surface area contributed by atoms with Crippen LogP contribution in [-0.2, 0) is 0 Å². The number of benzene rings is 1. The van der Waals surface area contributed by atoms with Gasteiger partial charge in [0.2, 0.25) is 0 Å². The molecule has 0 aromatic heterocycles. The molecule has 5 heteroatoms. The Kier molecular flexibility index (Phi) is 4.19. The molecule has 0 bridgehead atoms. The lowest BCUT2D eigenvalue weighted by Gasteiger charge is -2.24. The van der Waals surface area contributed by atoms with Crippen LogP contribution in [0.3, 0.4) is 0 Å². The molecule has 0 aliphatic carbocycles. The summed E-state index contributed by atoms with van der Waals surface area (Å²) in [5, 5.41) is 3.43. The van der Waals surface area contributed by atoms with Crippen molar-refractivity contribution >= 4 is 29.1 Å². The van der Waals surface area contributed by atoms with Gasteiger partial charge in [0.1, 0.15) is 0 Å². The van der Waals surface area contributed by atoms with E-state index in [1.54, 1.807) is 18.2 Å². The number of rotatable bonds is 3. The lowest BCUT2D eigenvalue weighted by Crippen LogP contribution is -2.48. The smallest absolute Gasteiger partial charge is 0.254 e. The summed E-state index contributed by atoms with van der Waals surface area (Å²) in [5.41, 5.74) is 5.33. The second kappa shape index (κ2) is 5.04. The Hall–Kier alpha value is -0.770. The Labute approximate surface area is 105 Å². The lowest BCUT2D eigenvalue weighted by atomic mass is 10.1. The molecule has 0 heterocycles. The Bertz CT molecular complexity index is 385. The maximum absolute atomic E-state index is 11.9. The molecule has 88 valence electrons. The molecule has 0 aliphatic rings. The average molecular weight is 261 g/mol. The fourth-order valence-electron chi connectivity index (χ4n) is 1.14. The van der Waals surface area contributed by atoms with Crippen molar-refractivity contribution in [3.05, 3.63) is 33.8 Å². The van der Waals surface area contributed by atoms with Crippen LogP contribution in [0.15, 0.2) is 18.2 Å². The van der Waals surface area contributed by atoms with Crippen LogP contribution >= 0.6 is 23.2 Å². The van der Waals surface area contributed by atoms with Gasteiger partial charge in [-0.05, 0) is 26.0 Å². The van der Waals surface area contributed by atoms with Gasteiger partial charge in [-0.3, -0.25) is 4.79 Å². The number of nitrogens with one attached hydrogen (secondary N) is 1. The molecule has 0 spiro atoms. The van der Waals surface area contributed by atoms with Crippen LogP contribution in [0.4, 0.5) is 0 Å². The van der Waals surface area contributed by atoms with Crippen molar-refractivity contribution in [2.24, 2.45) is 5.73 Å². The molecule has 16 heavy (non-hydrogen) atoms. The van der Waals surface area contributed by atoms with Crippen molar-refractivity contribution in [1.29, 1.82) is 0 Å². The van der Waals surface area contributed by atoms with E-state index in [2.05, 4.69) is 5.32 Å². The summed E-state index contributed by atoms with van der Waals surface area (Å²) in [4.78, 5) is 11.9. The molecule has 0 aliphatic heterocycles. The number of nitrogens with two attached hydrogens (primary N) is 1. The minimum absolute atomic E-state index is 0.285. The minimum Gasteiger partial charge on any atom is -0.346 e. The van der Waals surface area contributed by atoms with Gasteiger partial charge < -0.3 is 11.1 Å². The number of carbonyl (C=O) groups is 1. The van der Waals surface area contributed by atoms with Gasteiger partial charge in [0.15, 0.2) is 0 Å². The van der Waals surface area contributed by atoms with Crippen molar-refractivity contribution in [3.8, 4) is 0 Å². The molecular formula is C11H14Cl2N2O. The standard InChI is InChI=1S/C11H14Cl2N2O/c1-11(2,6-14)15-10(16)9-7(12)4-3-5-8(9)13/h3-5H,6,14H2,1-2H3,(H,15,16). The van der Waals surface area contributed by atoms with Gasteiger partial charge in [-0.25, -0.2) is 0 Å². The maximum Gasteiger partial charge on any atom is 0.254 e. The fraction of sp³-hybridized carbons (Fsp3) is 0.364. The van der Waals surface area contributed by atoms with Gasteiger partial charge >= 0.3 is 0 Å². The van der Waals surface area contributed by atoms with Gasteiger partial charge in [0.05, 0.1) is 15.6 Å². The number of hydrogen-bond acceptors (Lipinski definition) is 2. The van der Waals surface area contributed by atoms with E-state index in [1.165, 1.54) is 0 Å². The van der Waals surface area contributed by atoms with Crippen LogP contribution in [0, 0.1) is 0 Å². The predicted octanol–water partition coefficient (Wildman–Crippen LogP) is 2.46. The van der Waals surface area contributed by atoms with E-state index >= 15 is 0 Å². The van der Waals surface area contributed by atoms with Crippen LogP contribution in [-0.4, -0.2) is 18.0 Å². The molecular weight excluding hydrogens is 247 g/mol. The number of hydrogen-bond donors (Lipinski definition) is 2. The van der Waals surface area contributed by atoms with Crippen LogP contribution in [0.5, 0.6) is 0 Å². The molecule has 3 N–H and O–H groups in total. The summed E-state index contributed by atoms with van der Waals surface area (Å²) in [7, 11) is 0. The van der Waals surface area contributed by atoms with Gasteiger partial charge in [-0.2, -0.15) is 0 Å². The SMILES string of the molecule is CC(C)(CN)NC(=O)c1c(Cl)cccc1Cl. The van der Waals surface area contributed by atoms with E-state index in [0.717, 1.165) is 0 Å². The first kappa shape index (κ1) is 13.3. The van der Waals surface area contributed by atoms with Crippen LogP contribution in [0.1, 0.15) is 24.2 Å². The van der Waals surface area contributed by atoms with Gasteiger partial charge in [0.25, 0.3) is 5.91 Å². The van der Waals surface area contributed by atoms with E-state index in [-0.39, 0.29) is 11.5 Å². The largest absolute Gasteiger partial charge is 0.346 e. The highest BCUT2D eigenvalue weighted by Gasteiger charge is 2.22. The highest BCUT2D eigenvalue weighted by atomic mass is 35.5. The zero-order valence-electron chi connectivity index (χ0n) is 9.18. The zero-order valence-corrected chi connectivity index (χ0v) is 10.7. The third-order valence-corrected chi connectivity index (χ3v) is 2.78. The first-order valence-electron chi connectivity index (χ1n) is 4.84. The summed E-state index contributed by atoms with van der Waals surface area (Å²) < 4.78 is 0. The maximum atomic E-state index is 11.9. The monoisotopic (exact) mass is 260 g/mol. The first-order valence-corrected chi connectivity index (χ1v) is 5.59. The molecule has 0 unspecified atom stereocenters. The molecule has 1 aromatic rings. The summed E-state index contributed by atoms with van der Waals surface area (Å²) >= 11 is 11.8. The van der Waals surface area contributed by atoms with E-state index in [4.69, 9.17) is 28.9 Å². The molecule has 0 radical (unpaired) electrons. The van der Waals surface area contributed by atoms with Crippen LogP contribution < -0.4 is 11.1 Å². The van der Waals surface area contributed by atoms with E-state index in [1.807, 2.05) is 13.8 Å². The summed E-state index contributed by atoms with van der Waals surface area (Å²) in [6, 6.07) is 4.94. The quantitative estimate of drug-likeness (QED) is 0.878. The van der Waals surface area contributed by atoms with Crippen molar-refractivity contribution in [2.45, 2.75) is 19.4 Å². The molecule has 0 fully saturated rings. The van der Waals surface area contributed by atoms with Crippen LogP contribution in [0.2, 0.25) is 10.0 Å². The Morgan fingerprint density at radius 2 is 1.88 bits per heavy atom. The molecule has 0 atom stereocenters. The van der Waals surface area contributed by atoms with Gasteiger partial charge in [-0.1, -0.05) is 29.3 Å². The molecule has 1 aromatic carbocycles. The first-order chi connectivity index (χ1) is 7.37. The Balaban J connectivity index is 2.98. The summed E-state index contributed by atoms with van der Waals surface area (Å²) in [6.45, 7) is 3.99. The summed E-state index contributed by atoms with van der Waals surface area (Å²) in [6.07, 6.45) is 0. The van der Waals surface area contributed by atoms with Crippen molar-refractivity contribution in [3.63, 3.8) is 0 Å². The normalized spacial score (nSPS) is 11.3. The number of amides is 1. The van der Waals surface area contributed by atoms with E-state index in [0.29, 0.717) is 16.6 Å². The second-order valence-electron chi connectivity index (χ2n) is 4.14. The molecule has 1 rings (SSSR count). The van der Waals surface area contributed by atoms with Crippen molar-refractivity contribution in [2.75, 3.05) is 6.54 Å². The molecule has 0 saturated carbocycles. The van der Waals surface area contributed by atoms with E-state index in [9.17, 15) is 4.79 Å². The minimum atomic E-state index is -0.487. The predicted molar refractivity (Wildman–Crippen MR) is 67.1 cm³/mol. The average Bonchev–Trinajstić information content (AvgIpc) is 2.16. The highest BCUT2D eigenvalue weighted by molar-refractivity contribution is 6.39. The summed E-state index contributed by atoms with van der Waals surface area (Å²) in [5.74, 6) is -0.314. The topological polar surface area (TPSA) is 55.1 Å². The molecule has 0 saturated heterocycles. The van der Waals surface area contributed by atoms with Crippen molar-refractivity contribution in [1.82, 2.24) is 5.32 Å². The van der Waals surface area contributed by atoms with Gasteiger partial charge in [-0.15, -0.1) is 0 Å². The lowest BCUT2D eigenvalue weighted by molar-refractivity contribution is 0.0916. The van der Waals surface area contributed by atoms with Crippen LogP contribution in [0.25, 0.3) is 0 Å².